The van der Waals surface area contributed by atoms with Crippen LogP contribution in [0.1, 0.15) is 18.1 Å². The van der Waals surface area contributed by atoms with Crippen LogP contribution in [-0.2, 0) is 16.0 Å². The molecule has 27 heavy (non-hydrogen) atoms. The van der Waals surface area contributed by atoms with E-state index in [1.54, 1.807) is 44.3 Å². The topological polar surface area (TPSA) is 67.9 Å². The molecule has 1 aliphatic rings. The van der Waals surface area contributed by atoms with Gasteiger partial charge >= 0.3 is 0 Å². The van der Waals surface area contributed by atoms with Gasteiger partial charge in [-0.15, -0.1) is 0 Å². The summed E-state index contributed by atoms with van der Waals surface area (Å²) in [6.07, 6.45) is 3.99. The van der Waals surface area contributed by atoms with Gasteiger partial charge in [0, 0.05) is 30.9 Å². The highest BCUT2D eigenvalue weighted by Crippen LogP contribution is 2.31. The number of methoxy groups -OCH3 is 2. The Kier molecular flexibility index (Phi) is 5.45. The molecule has 1 N–H and O–H groups in total. The highest BCUT2D eigenvalue weighted by molar-refractivity contribution is 6.03. The van der Waals surface area contributed by atoms with E-state index >= 15 is 0 Å². The number of nitrogens with zero attached hydrogens (tertiary/aromatic N) is 1. The molecule has 0 fully saturated rings. The Balaban J connectivity index is 1.70. The quantitative estimate of drug-likeness (QED) is 0.825. The molecule has 0 saturated heterocycles. The van der Waals surface area contributed by atoms with Gasteiger partial charge in [0.25, 0.3) is 0 Å². The third kappa shape index (κ3) is 4.11. The van der Waals surface area contributed by atoms with Crippen LogP contribution in [-0.4, -0.2) is 32.6 Å². The average Bonchev–Trinajstić information content (AvgIpc) is 3.09. The van der Waals surface area contributed by atoms with Crippen molar-refractivity contribution in [2.24, 2.45) is 0 Å². The van der Waals surface area contributed by atoms with Gasteiger partial charge < -0.3 is 19.7 Å². The number of hydrogen-bond donors (Lipinski definition) is 1. The maximum atomic E-state index is 12.2. The van der Waals surface area contributed by atoms with Gasteiger partial charge in [-0.1, -0.05) is 12.1 Å². The highest BCUT2D eigenvalue weighted by Gasteiger charge is 2.22. The first-order valence-electron chi connectivity index (χ1n) is 8.64. The van der Waals surface area contributed by atoms with E-state index in [0.717, 1.165) is 23.2 Å². The number of carbonyl (C=O) groups is 2. The van der Waals surface area contributed by atoms with Crippen molar-refractivity contribution in [2.75, 3.05) is 31.0 Å². The van der Waals surface area contributed by atoms with Crippen LogP contribution in [0.15, 0.2) is 42.5 Å². The Morgan fingerprint density at radius 1 is 1.07 bits per heavy atom. The zero-order valence-electron chi connectivity index (χ0n) is 15.6. The molecule has 0 spiro atoms. The molecular formula is C21H22N2O4. The number of rotatable bonds is 5. The largest absolute Gasteiger partial charge is 0.493 e. The van der Waals surface area contributed by atoms with E-state index in [0.29, 0.717) is 23.7 Å². The molecule has 0 aliphatic carbocycles. The Bertz CT molecular complexity index is 905. The molecule has 0 atom stereocenters. The maximum Gasteiger partial charge on any atom is 0.248 e. The van der Waals surface area contributed by atoms with Crippen molar-refractivity contribution in [3.8, 4) is 11.5 Å². The SMILES string of the molecule is COc1ccc(/C=C/C(=O)Nc2ccc3c(c2)N(C(C)=O)CC3)cc1OC. The van der Waals surface area contributed by atoms with Crippen molar-refractivity contribution in [2.45, 2.75) is 13.3 Å². The van der Waals surface area contributed by atoms with Gasteiger partial charge in [0.15, 0.2) is 11.5 Å². The molecule has 6 heteroatoms. The standard InChI is InChI=1S/C21H22N2O4/c1-14(24)23-11-10-16-6-7-17(13-18(16)23)22-21(25)9-5-15-4-8-19(26-2)20(12-15)27-3/h4-9,12-13H,10-11H2,1-3H3,(H,22,25)/b9-5+. The van der Waals surface area contributed by atoms with Gasteiger partial charge in [-0.05, 0) is 47.9 Å². The fraction of sp³-hybridized carbons (Fsp3) is 0.238. The number of fused-ring (bicyclic) bond motifs is 1. The molecule has 1 heterocycles. The van der Waals surface area contributed by atoms with Crippen molar-refractivity contribution >= 4 is 29.3 Å². The minimum atomic E-state index is -0.253. The van der Waals surface area contributed by atoms with Crippen LogP contribution in [0.3, 0.4) is 0 Å². The first kappa shape index (κ1) is 18.5. The molecule has 0 unspecified atom stereocenters. The van der Waals surface area contributed by atoms with E-state index in [1.807, 2.05) is 24.3 Å². The van der Waals surface area contributed by atoms with E-state index in [4.69, 9.17) is 9.47 Å². The van der Waals surface area contributed by atoms with Gasteiger partial charge in [-0.2, -0.15) is 0 Å². The maximum absolute atomic E-state index is 12.2. The van der Waals surface area contributed by atoms with E-state index in [2.05, 4.69) is 5.32 Å². The number of hydrogen-bond acceptors (Lipinski definition) is 4. The van der Waals surface area contributed by atoms with E-state index in [1.165, 1.54) is 6.08 Å². The predicted molar refractivity (Wildman–Crippen MR) is 105 cm³/mol. The zero-order chi connectivity index (χ0) is 19.4. The summed E-state index contributed by atoms with van der Waals surface area (Å²) in [4.78, 5) is 25.7. The van der Waals surface area contributed by atoms with Crippen molar-refractivity contribution < 1.29 is 19.1 Å². The summed E-state index contributed by atoms with van der Waals surface area (Å²) in [5.74, 6) is 0.984. The Labute approximate surface area is 158 Å². The molecule has 1 aliphatic heterocycles. The summed E-state index contributed by atoms with van der Waals surface area (Å²) in [6.45, 7) is 2.23. The number of anilines is 2. The minimum absolute atomic E-state index is 0.00516. The first-order chi connectivity index (χ1) is 13.0. The van der Waals surface area contributed by atoms with Crippen molar-refractivity contribution in [1.29, 1.82) is 0 Å². The molecule has 2 amide bonds. The van der Waals surface area contributed by atoms with Crippen molar-refractivity contribution in [3.05, 3.63) is 53.6 Å². The molecule has 0 radical (unpaired) electrons. The van der Waals surface area contributed by atoms with Gasteiger partial charge in [0.2, 0.25) is 11.8 Å². The van der Waals surface area contributed by atoms with Crippen LogP contribution in [0.4, 0.5) is 11.4 Å². The van der Waals surface area contributed by atoms with Gasteiger partial charge in [-0.3, -0.25) is 9.59 Å². The number of carbonyl (C=O) groups excluding carboxylic acids is 2. The molecule has 2 aromatic rings. The molecule has 6 nitrogen and oxygen atoms in total. The summed E-state index contributed by atoms with van der Waals surface area (Å²) < 4.78 is 10.5. The highest BCUT2D eigenvalue weighted by atomic mass is 16.5. The molecule has 3 rings (SSSR count). The lowest BCUT2D eigenvalue weighted by atomic mass is 10.1. The molecule has 2 aromatic carbocycles. The van der Waals surface area contributed by atoms with Gasteiger partial charge in [0.05, 0.1) is 14.2 Å². The Morgan fingerprint density at radius 2 is 1.85 bits per heavy atom. The predicted octanol–water partition coefficient (Wildman–Crippen LogP) is 3.26. The number of nitrogens with one attached hydrogen (secondary N) is 1. The van der Waals surface area contributed by atoms with Crippen LogP contribution >= 0.6 is 0 Å². The monoisotopic (exact) mass is 366 g/mol. The lowest BCUT2D eigenvalue weighted by Crippen LogP contribution is -2.25. The van der Waals surface area contributed by atoms with Crippen molar-refractivity contribution in [3.63, 3.8) is 0 Å². The molecule has 0 aromatic heterocycles. The zero-order valence-corrected chi connectivity index (χ0v) is 15.6. The van der Waals surface area contributed by atoms with Gasteiger partial charge in [-0.25, -0.2) is 0 Å². The van der Waals surface area contributed by atoms with E-state index in [9.17, 15) is 9.59 Å². The average molecular weight is 366 g/mol. The summed E-state index contributed by atoms with van der Waals surface area (Å²) in [7, 11) is 3.14. The third-order valence-corrected chi connectivity index (χ3v) is 4.46. The molecular weight excluding hydrogens is 344 g/mol. The second-order valence-corrected chi connectivity index (χ2v) is 6.20. The van der Waals surface area contributed by atoms with Crippen LogP contribution < -0.4 is 19.7 Å². The van der Waals surface area contributed by atoms with Crippen LogP contribution in [0.25, 0.3) is 6.08 Å². The summed E-state index contributed by atoms with van der Waals surface area (Å²) in [6, 6.07) is 11.1. The fourth-order valence-corrected chi connectivity index (χ4v) is 3.10. The van der Waals surface area contributed by atoms with Gasteiger partial charge in [0.1, 0.15) is 0 Å². The lowest BCUT2D eigenvalue weighted by Gasteiger charge is -2.15. The van der Waals surface area contributed by atoms with E-state index in [-0.39, 0.29) is 11.8 Å². The van der Waals surface area contributed by atoms with Crippen LogP contribution in [0.2, 0.25) is 0 Å². The number of ether oxygens (including phenoxy) is 2. The summed E-state index contributed by atoms with van der Waals surface area (Å²) in [5, 5.41) is 2.83. The second-order valence-electron chi connectivity index (χ2n) is 6.20. The lowest BCUT2D eigenvalue weighted by molar-refractivity contribution is -0.116. The summed E-state index contributed by atoms with van der Waals surface area (Å²) in [5.41, 5.74) is 3.46. The third-order valence-electron chi connectivity index (χ3n) is 4.46. The first-order valence-corrected chi connectivity index (χ1v) is 8.64. The fourth-order valence-electron chi connectivity index (χ4n) is 3.10. The molecule has 140 valence electrons. The smallest absolute Gasteiger partial charge is 0.248 e. The number of amides is 2. The van der Waals surface area contributed by atoms with Crippen LogP contribution in [0.5, 0.6) is 11.5 Å². The Morgan fingerprint density at radius 3 is 2.56 bits per heavy atom. The normalized spacial score (nSPS) is 12.8. The van der Waals surface area contributed by atoms with E-state index < -0.39 is 0 Å². The summed E-state index contributed by atoms with van der Waals surface area (Å²) >= 11 is 0. The molecule has 0 saturated carbocycles. The number of benzene rings is 2. The molecule has 0 bridgehead atoms. The minimum Gasteiger partial charge on any atom is -0.493 e. The second kappa shape index (κ2) is 7.95. The van der Waals surface area contributed by atoms with Crippen molar-refractivity contribution in [1.82, 2.24) is 0 Å². The Hall–Kier alpha value is -3.28. The van der Waals surface area contributed by atoms with Crippen LogP contribution in [0, 0.1) is 0 Å².